The zero-order chi connectivity index (χ0) is 15.4. The van der Waals surface area contributed by atoms with E-state index in [0.717, 1.165) is 24.9 Å². The van der Waals surface area contributed by atoms with Crippen molar-refractivity contribution in [2.24, 2.45) is 17.8 Å². The van der Waals surface area contributed by atoms with Gasteiger partial charge in [0.2, 0.25) is 0 Å². The fourth-order valence-electron chi connectivity index (χ4n) is 3.54. The summed E-state index contributed by atoms with van der Waals surface area (Å²) in [5.41, 5.74) is 0. The van der Waals surface area contributed by atoms with Crippen LogP contribution in [0, 0.1) is 17.8 Å². The molecule has 0 bridgehead atoms. The lowest BCUT2D eigenvalue weighted by Gasteiger charge is -2.36. The van der Waals surface area contributed by atoms with E-state index < -0.39 is 0 Å². The molecule has 0 spiro atoms. The molecule has 0 aromatic carbocycles. The van der Waals surface area contributed by atoms with E-state index in [0.29, 0.717) is 0 Å². The smallest absolute Gasteiger partial charge is 0.0319 e. The van der Waals surface area contributed by atoms with Gasteiger partial charge in [-0.15, -0.1) is 0 Å². The second kappa shape index (κ2) is 12.6. The van der Waals surface area contributed by atoms with E-state index >= 15 is 0 Å². The van der Waals surface area contributed by atoms with E-state index in [2.05, 4.69) is 18.7 Å². The van der Waals surface area contributed by atoms with Crippen LogP contribution in [-0.4, -0.2) is 36.8 Å². The fraction of sp³-hybridized carbons (Fsp3) is 1.00. The molecular weight excluding hydrogens is 246 g/mol. The Morgan fingerprint density at radius 1 is 0.900 bits per heavy atom. The minimum absolute atomic E-state index is 0.900. The molecule has 0 amide bonds. The van der Waals surface area contributed by atoms with Crippen LogP contribution in [0.1, 0.15) is 72.6 Å². The van der Waals surface area contributed by atoms with Crippen LogP contribution in [-0.2, 0) is 0 Å². The van der Waals surface area contributed by atoms with Gasteiger partial charge in [0.15, 0.2) is 0 Å². The van der Waals surface area contributed by atoms with Gasteiger partial charge in [0.05, 0.1) is 0 Å². The molecule has 1 N–H and O–H groups in total. The number of aliphatic hydroxyl groups is 1. The normalized spacial score (nSPS) is 21.8. The molecule has 122 valence electrons. The summed E-state index contributed by atoms with van der Waals surface area (Å²) in [5, 5.41) is 7.00. The number of piperidine rings is 1. The summed E-state index contributed by atoms with van der Waals surface area (Å²) >= 11 is 0. The Hall–Kier alpha value is -0.0800. The first-order valence-corrected chi connectivity index (χ1v) is 8.93. The van der Waals surface area contributed by atoms with Gasteiger partial charge >= 0.3 is 0 Å². The Kier molecular flexibility index (Phi) is 12.6. The molecule has 2 rings (SSSR count). The fourth-order valence-corrected chi connectivity index (χ4v) is 3.54. The van der Waals surface area contributed by atoms with Crippen molar-refractivity contribution in [2.75, 3.05) is 26.7 Å². The number of likely N-dealkylation sites (tertiary alicyclic amines) is 1. The summed E-state index contributed by atoms with van der Waals surface area (Å²) < 4.78 is 0. The summed E-state index contributed by atoms with van der Waals surface area (Å²) in [5.74, 6) is 2.93. The minimum atomic E-state index is 0.900. The van der Waals surface area contributed by atoms with Crippen molar-refractivity contribution in [2.45, 2.75) is 72.6 Å². The van der Waals surface area contributed by atoms with Gasteiger partial charge in [-0.1, -0.05) is 47.0 Å². The van der Waals surface area contributed by atoms with Crippen molar-refractivity contribution in [1.82, 2.24) is 4.90 Å². The van der Waals surface area contributed by atoms with Crippen LogP contribution in [0.3, 0.4) is 0 Å². The monoisotopic (exact) mass is 285 g/mol. The SMILES string of the molecule is CC.CC(C)C1CCN(CC2CCCCC2)CC1.CO. The highest BCUT2D eigenvalue weighted by atomic mass is 16.2. The summed E-state index contributed by atoms with van der Waals surface area (Å²) in [6.45, 7) is 12.9. The predicted molar refractivity (Wildman–Crippen MR) is 90.1 cm³/mol. The number of hydrogen-bond acceptors (Lipinski definition) is 2. The molecule has 0 aromatic rings. The molecule has 1 aliphatic heterocycles. The molecule has 0 unspecified atom stereocenters. The molecule has 1 heterocycles. The first-order valence-electron chi connectivity index (χ1n) is 8.93. The third-order valence-corrected chi connectivity index (χ3v) is 4.82. The van der Waals surface area contributed by atoms with Crippen LogP contribution < -0.4 is 0 Å². The standard InChI is InChI=1S/C15H29N.C2H6.CH4O/c1-13(2)15-8-10-16(11-9-15)12-14-6-4-3-5-7-14;2*1-2/h13-15H,3-12H2,1-2H3;1-2H3;2H,1H3. The first kappa shape index (κ1) is 19.9. The van der Waals surface area contributed by atoms with Gasteiger partial charge < -0.3 is 10.0 Å². The average Bonchev–Trinajstić information content (AvgIpc) is 2.53. The van der Waals surface area contributed by atoms with E-state index in [1.165, 1.54) is 64.6 Å². The Labute approximate surface area is 127 Å². The molecular formula is C18H39NO. The highest BCUT2D eigenvalue weighted by Crippen LogP contribution is 2.28. The number of rotatable bonds is 3. The summed E-state index contributed by atoms with van der Waals surface area (Å²) in [6.07, 6.45) is 10.4. The predicted octanol–water partition coefficient (Wildman–Crippen LogP) is 4.57. The van der Waals surface area contributed by atoms with Crippen LogP contribution in [0.5, 0.6) is 0 Å². The topological polar surface area (TPSA) is 23.5 Å². The van der Waals surface area contributed by atoms with E-state index in [4.69, 9.17) is 5.11 Å². The zero-order valence-electron chi connectivity index (χ0n) is 14.7. The van der Waals surface area contributed by atoms with Gasteiger partial charge in [-0.05, 0) is 56.5 Å². The number of aliphatic hydroxyl groups excluding tert-OH is 1. The van der Waals surface area contributed by atoms with Crippen LogP contribution in [0.25, 0.3) is 0 Å². The van der Waals surface area contributed by atoms with E-state index in [9.17, 15) is 0 Å². The van der Waals surface area contributed by atoms with E-state index in [1.807, 2.05) is 13.8 Å². The lowest BCUT2D eigenvalue weighted by Crippen LogP contribution is -2.38. The lowest BCUT2D eigenvalue weighted by atomic mass is 9.85. The maximum Gasteiger partial charge on any atom is 0.0319 e. The van der Waals surface area contributed by atoms with Crippen LogP contribution >= 0.6 is 0 Å². The molecule has 1 aliphatic carbocycles. The molecule has 20 heavy (non-hydrogen) atoms. The molecule has 0 radical (unpaired) electrons. The molecule has 1 saturated heterocycles. The molecule has 2 nitrogen and oxygen atoms in total. The summed E-state index contributed by atoms with van der Waals surface area (Å²) in [4.78, 5) is 2.74. The van der Waals surface area contributed by atoms with Gasteiger partial charge in [0.25, 0.3) is 0 Å². The van der Waals surface area contributed by atoms with Gasteiger partial charge in [0, 0.05) is 13.7 Å². The number of nitrogens with zero attached hydrogens (tertiary/aromatic N) is 1. The van der Waals surface area contributed by atoms with Crippen molar-refractivity contribution in [1.29, 1.82) is 0 Å². The molecule has 2 aliphatic rings. The second-order valence-electron chi connectivity index (χ2n) is 6.39. The maximum absolute atomic E-state index is 7.00. The Bertz CT molecular complexity index is 192. The van der Waals surface area contributed by atoms with Gasteiger partial charge in [-0.2, -0.15) is 0 Å². The minimum Gasteiger partial charge on any atom is -0.400 e. The highest BCUT2D eigenvalue weighted by Gasteiger charge is 2.23. The first-order chi connectivity index (χ1) is 9.75. The van der Waals surface area contributed by atoms with E-state index in [1.54, 1.807) is 0 Å². The van der Waals surface area contributed by atoms with Crippen molar-refractivity contribution in [3.05, 3.63) is 0 Å². The van der Waals surface area contributed by atoms with Crippen LogP contribution in [0.15, 0.2) is 0 Å². The molecule has 1 saturated carbocycles. The van der Waals surface area contributed by atoms with Gasteiger partial charge in [-0.25, -0.2) is 0 Å². The Balaban J connectivity index is 0.000000829. The molecule has 0 atom stereocenters. The van der Waals surface area contributed by atoms with Crippen molar-refractivity contribution < 1.29 is 5.11 Å². The summed E-state index contributed by atoms with van der Waals surface area (Å²) in [7, 11) is 1.00. The third-order valence-electron chi connectivity index (χ3n) is 4.82. The van der Waals surface area contributed by atoms with Crippen LogP contribution in [0.4, 0.5) is 0 Å². The zero-order valence-corrected chi connectivity index (χ0v) is 14.7. The van der Waals surface area contributed by atoms with Crippen molar-refractivity contribution >= 4 is 0 Å². The molecule has 0 aromatic heterocycles. The second-order valence-corrected chi connectivity index (χ2v) is 6.39. The quantitative estimate of drug-likeness (QED) is 0.821. The Morgan fingerprint density at radius 3 is 1.85 bits per heavy atom. The molecule has 2 heteroatoms. The maximum atomic E-state index is 7.00. The van der Waals surface area contributed by atoms with Gasteiger partial charge in [0.1, 0.15) is 0 Å². The van der Waals surface area contributed by atoms with E-state index in [-0.39, 0.29) is 0 Å². The third kappa shape index (κ3) is 7.64. The Morgan fingerprint density at radius 2 is 1.40 bits per heavy atom. The lowest BCUT2D eigenvalue weighted by molar-refractivity contribution is 0.128. The largest absolute Gasteiger partial charge is 0.400 e. The summed E-state index contributed by atoms with van der Waals surface area (Å²) in [6, 6.07) is 0. The number of hydrogen-bond donors (Lipinski definition) is 1. The van der Waals surface area contributed by atoms with Crippen molar-refractivity contribution in [3.63, 3.8) is 0 Å². The van der Waals surface area contributed by atoms with Crippen molar-refractivity contribution in [3.8, 4) is 0 Å². The highest BCUT2D eigenvalue weighted by molar-refractivity contribution is 4.77. The average molecular weight is 286 g/mol. The van der Waals surface area contributed by atoms with Gasteiger partial charge in [-0.3, -0.25) is 0 Å². The molecule has 2 fully saturated rings. The van der Waals surface area contributed by atoms with Crippen LogP contribution in [0.2, 0.25) is 0 Å².